The number of nitrogens with zero attached hydrogens (tertiary/aromatic N) is 2. The van der Waals surface area contributed by atoms with E-state index in [4.69, 9.17) is 22.8 Å². The number of nitrogens with two attached hydrogens (primary N) is 1. The first-order chi connectivity index (χ1) is 16.3. The van der Waals surface area contributed by atoms with E-state index < -0.39 is 29.1 Å². The third-order valence-electron chi connectivity index (χ3n) is 3.51. The number of nitrogen functional groups attached to an aromatic ring is 1. The van der Waals surface area contributed by atoms with Crippen molar-refractivity contribution in [3.8, 4) is 6.07 Å². The summed E-state index contributed by atoms with van der Waals surface area (Å²) in [5, 5.41) is 17.9. The van der Waals surface area contributed by atoms with Crippen molar-refractivity contribution in [1.29, 1.82) is 10.5 Å². The van der Waals surface area contributed by atoms with Gasteiger partial charge in [-0.2, -0.15) is 5.26 Å². The molecule has 2 aromatic carbocycles. The maximum atomic E-state index is 13.5. The average molecular weight is 529 g/mol. The molecule has 0 unspecified atom stereocenters. The molecule has 0 aliphatic carbocycles. The van der Waals surface area contributed by atoms with Gasteiger partial charge in [0.2, 0.25) is 0 Å². The minimum atomic E-state index is -0.806. The largest absolute Gasteiger partial charge is 1.00 e. The summed E-state index contributed by atoms with van der Waals surface area (Å²) in [7, 11) is 2.38. The predicted molar refractivity (Wildman–Crippen MR) is 125 cm³/mol. The predicted octanol–water partition coefficient (Wildman–Crippen LogP) is 1.22. The summed E-state index contributed by atoms with van der Waals surface area (Å²) in [6, 6.07) is 9.83. The normalized spacial score (nSPS) is 8.92. The summed E-state index contributed by atoms with van der Waals surface area (Å²) in [4.78, 5) is 31.4. The molecule has 0 atom stereocenters. The zero-order valence-corrected chi connectivity index (χ0v) is 24.4. The van der Waals surface area contributed by atoms with Crippen LogP contribution in [-0.2, 0) is 14.3 Å². The van der Waals surface area contributed by atoms with E-state index in [9.17, 15) is 23.2 Å². The number of ether oxygens (including phenoxy) is 2. The number of anilines is 2. The van der Waals surface area contributed by atoms with E-state index in [1.54, 1.807) is 13.8 Å². The number of hydrogen-bond donors (Lipinski definition) is 2. The van der Waals surface area contributed by atoms with Crippen LogP contribution in [0, 0.1) is 34.8 Å². The second-order valence-electron chi connectivity index (χ2n) is 7.19. The monoisotopic (exact) mass is 528 g/mol. The molecule has 0 fully saturated rings. The second-order valence-corrected chi connectivity index (χ2v) is 7.19. The van der Waals surface area contributed by atoms with E-state index in [1.165, 1.54) is 52.3 Å². The number of esters is 2. The van der Waals surface area contributed by atoms with Crippen molar-refractivity contribution in [3.63, 3.8) is 0 Å². The topological polar surface area (TPSA) is 155 Å². The number of benzene rings is 2. The molecule has 0 spiro atoms. The molecule has 9 nitrogen and oxygen atoms in total. The summed E-state index contributed by atoms with van der Waals surface area (Å²) >= 11 is 0. The fourth-order valence-electron chi connectivity index (χ4n) is 2.06. The Hall–Kier alpha value is -2.87. The number of carbonyl (C=O) groups is 3. The van der Waals surface area contributed by atoms with Gasteiger partial charge in [0.1, 0.15) is 23.0 Å². The van der Waals surface area contributed by atoms with Crippen molar-refractivity contribution >= 4 is 29.1 Å². The Labute approximate surface area is 252 Å². The zero-order valence-electron chi connectivity index (χ0n) is 21.2. The van der Waals surface area contributed by atoms with Gasteiger partial charge in [0.05, 0.1) is 31.4 Å². The van der Waals surface area contributed by atoms with Crippen LogP contribution in [-0.4, -0.2) is 37.5 Å². The first-order valence-electron chi connectivity index (χ1n) is 9.68. The van der Waals surface area contributed by atoms with Crippen LogP contribution in [0.4, 0.5) is 20.2 Å². The molecule has 3 N–H and O–H groups in total. The molecule has 2 rings (SSSR count). The third-order valence-corrected chi connectivity index (χ3v) is 3.51. The van der Waals surface area contributed by atoms with E-state index in [2.05, 4.69) is 14.8 Å². The molecular weight excluding hydrogens is 501 g/mol. The molecule has 0 bridgehead atoms. The molecule has 0 saturated carbocycles. The van der Waals surface area contributed by atoms with Crippen molar-refractivity contribution in [2.45, 2.75) is 33.2 Å². The van der Waals surface area contributed by atoms with Crippen LogP contribution in [0.25, 0.3) is 0 Å². The standard InChI is InChI=1S/C12H13FN2O2.C8H8FNO2.C3H6O.CN.K/c1-12(2,7-14)15-8-4-5-9(10(13)6-8)11(16)17-3;1-12-8(11)6-3-2-5(10)4-7(6)9;1-3(2)4;1-2;/h4-6,15H,1-3H3;2-4H,10H2,1H3;1-2H3;;/q;;;-1;+1. The summed E-state index contributed by atoms with van der Waals surface area (Å²) < 4.78 is 35.2. The van der Waals surface area contributed by atoms with Gasteiger partial charge < -0.3 is 37.2 Å². The van der Waals surface area contributed by atoms with Crippen LogP contribution in [0.5, 0.6) is 0 Å². The molecule has 0 heterocycles. The zero-order chi connectivity index (χ0) is 27.8. The smallest absolute Gasteiger partial charge is 0.512 e. The molecular formula is C24H27F2KN4O5. The number of rotatable bonds is 4. The van der Waals surface area contributed by atoms with Gasteiger partial charge in [-0.1, -0.05) is 0 Å². The van der Waals surface area contributed by atoms with Gasteiger partial charge in [-0.05, 0) is 64.1 Å². The van der Waals surface area contributed by atoms with Crippen molar-refractivity contribution in [2.75, 3.05) is 25.3 Å². The van der Waals surface area contributed by atoms with Crippen molar-refractivity contribution in [3.05, 3.63) is 65.7 Å². The number of Topliss-reactive ketones (excluding diaryl/α,β-unsaturated/α-hetero) is 1. The van der Waals surface area contributed by atoms with Crippen LogP contribution in [0.15, 0.2) is 36.4 Å². The summed E-state index contributed by atoms with van der Waals surface area (Å²) in [5.41, 5.74) is 4.94. The van der Waals surface area contributed by atoms with E-state index in [0.29, 0.717) is 5.69 Å². The molecule has 0 saturated heterocycles. The van der Waals surface area contributed by atoms with E-state index in [-0.39, 0.29) is 74.0 Å². The van der Waals surface area contributed by atoms with Crippen LogP contribution < -0.4 is 62.4 Å². The Bertz CT molecular complexity index is 1080. The Morgan fingerprint density at radius 1 is 0.944 bits per heavy atom. The van der Waals surface area contributed by atoms with Crippen LogP contribution in [0.1, 0.15) is 48.4 Å². The van der Waals surface area contributed by atoms with Crippen molar-refractivity contribution in [1.82, 2.24) is 0 Å². The third kappa shape index (κ3) is 15.2. The van der Waals surface area contributed by atoms with Crippen LogP contribution >= 0.6 is 0 Å². The minimum absolute atomic E-state index is 0. The minimum Gasteiger partial charge on any atom is -0.512 e. The fourth-order valence-corrected chi connectivity index (χ4v) is 2.06. The Morgan fingerprint density at radius 2 is 1.33 bits per heavy atom. The first kappa shape index (κ1) is 37.7. The second kappa shape index (κ2) is 19.3. The molecule has 0 radical (unpaired) electrons. The van der Waals surface area contributed by atoms with Gasteiger partial charge in [-0.25, -0.2) is 18.4 Å². The SMILES string of the molecule is CC(C)=O.COC(=O)c1ccc(N)cc1F.COC(=O)c1ccc(NC(C)(C)C#N)cc1F.[C-]#N.[K+]. The molecule has 12 heteroatoms. The Morgan fingerprint density at radius 3 is 1.67 bits per heavy atom. The van der Waals surface area contributed by atoms with Crippen molar-refractivity contribution in [2.24, 2.45) is 0 Å². The number of hydrogen-bond acceptors (Lipinski definition) is 9. The van der Waals surface area contributed by atoms with Gasteiger partial charge >= 0.3 is 63.3 Å². The van der Waals surface area contributed by atoms with E-state index in [0.717, 1.165) is 12.1 Å². The maximum absolute atomic E-state index is 13.5. The quantitative estimate of drug-likeness (QED) is 0.258. The van der Waals surface area contributed by atoms with Gasteiger partial charge in [0.25, 0.3) is 0 Å². The number of ketones is 1. The van der Waals surface area contributed by atoms with Gasteiger partial charge in [-0.3, -0.25) is 0 Å². The number of nitriles is 1. The molecule has 2 aromatic rings. The van der Waals surface area contributed by atoms with Crippen molar-refractivity contribution < 1.29 is 84.0 Å². The molecule has 0 aliphatic rings. The van der Waals surface area contributed by atoms with Gasteiger partial charge in [-0.15, -0.1) is 0 Å². The number of halogens is 2. The maximum Gasteiger partial charge on any atom is 1.00 e. The summed E-state index contributed by atoms with van der Waals surface area (Å²) in [6.45, 7) is 11.1. The summed E-state index contributed by atoms with van der Waals surface area (Å²) in [6.07, 6.45) is 0. The Kier molecular flexibility index (Phi) is 20.2. The van der Waals surface area contributed by atoms with E-state index >= 15 is 0 Å². The number of carbonyl (C=O) groups excluding carboxylic acids is 3. The van der Waals surface area contributed by atoms with Gasteiger partial charge in [0, 0.05) is 11.4 Å². The molecule has 0 aromatic heterocycles. The number of methoxy groups -OCH3 is 2. The molecule has 188 valence electrons. The fraction of sp³-hybridized carbons (Fsp3) is 0.292. The van der Waals surface area contributed by atoms with Crippen LogP contribution in [0.2, 0.25) is 0 Å². The molecule has 36 heavy (non-hydrogen) atoms. The van der Waals surface area contributed by atoms with E-state index in [1.807, 2.05) is 6.07 Å². The Balaban J connectivity index is -0.000000501. The average Bonchev–Trinajstić information content (AvgIpc) is 2.79. The first-order valence-corrected chi connectivity index (χ1v) is 9.68. The van der Waals surface area contributed by atoms with Gasteiger partial charge in [0.15, 0.2) is 0 Å². The molecule has 0 aliphatic heterocycles. The van der Waals surface area contributed by atoms with Crippen LogP contribution in [0.3, 0.4) is 0 Å². The summed E-state index contributed by atoms with van der Waals surface area (Å²) in [5.74, 6) is -2.61. The molecule has 0 amide bonds. The number of nitrogens with one attached hydrogen (secondary N) is 1.